The van der Waals surface area contributed by atoms with Crippen LogP contribution in [0.1, 0.15) is 29.3 Å². The SMILES string of the molecule is COc1ccc(C[C@H](CC(=O)Cc2ccc(Cl)cc2)c2noc(NC(CO)CO)n2)cc1. The number of nitrogens with one attached hydrogen (secondary N) is 1. The molecule has 0 aliphatic rings. The number of carbonyl (C=O) groups excluding carboxylic acids is 1. The number of methoxy groups -OCH3 is 1. The molecule has 0 amide bonds. The number of aliphatic hydroxyl groups excluding tert-OH is 2. The molecule has 1 heterocycles. The second-order valence-electron chi connectivity index (χ2n) is 7.46. The van der Waals surface area contributed by atoms with Crippen molar-refractivity contribution < 1.29 is 24.3 Å². The molecule has 0 spiro atoms. The Morgan fingerprint density at radius 2 is 1.75 bits per heavy atom. The zero-order chi connectivity index (χ0) is 22.9. The number of rotatable bonds is 12. The Kier molecular flexibility index (Phi) is 8.61. The Balaban J connectivity index is 1.76. The molecule has 32 heavy (non-hydrogen) atoms. The first-order chi connectivity index (χ1) is 15.5. The van der Waals surface area contributed by atoms with E-state index in [-0.39, 0.29) is 43.8 Å². The zero-order valence-corrected chi connectivity index (χ0v) is 18.5. The predicted molar refractivity (Wildman–Crippen MR) is 120 cm³/mol. The number of aromatic nitrogens is 2. The lowest BCUT2D eigenvalue weighted by atomic mass is 9.91. The summed E-state index contributed by atoms with van der Waals surface area (Å²) < 4.78 is 10.4. The van der Waals surface area contributed by atoms with Gasteiger partial charge in [0.05, 0.1) is 26.4 Å². The van der Waals surface area contributed by atoms with E-state index in [0.29, 0.717) is 17.3 Å². The number of anilines is 1. The lowest BCUT2D eigenvalue weighted by Crippen LogP contribution is -2.27. The van der Waals surface area contributed by atoms with Crippen LogP contribution in [-0.4, -0.2) is 52.5 Å². The van der Waals surface area contributed by atoms with Gasteiger partial charge in [-0.25, -0.2) is 0 Å². The van der Waals surface area contributed by atoms with E-state index in [2.05, 4.69) is 15.5 Å². The predicted octanol–water partition coefficient (Wildman–Crippen LogP) is 3.02. The molecule has 3 N–H and O–H groups in total. The summed E-state index contributed by atoms with van der Waals surface area (Å²) in [5.41, 5.74) is 1.88. The number of Topliss-reactive ketones (excluding diaryl/α,β-unsaturated/α-hetero) is 1. The first kappa shape index (κ1) is 23.7. The third-order valence-electron chi connectivity index (χ3n) is 5.01. The van der Waals surface area contributed by atoms with E-state index < -0.39 is 6.04 Å². The first-order valence-electron chi connectivity index (χ1n) is 10.2. The van der Waals surface area contributed by atoms with Crippen molar-refractivity contribution in [2.45, 2.75) is 31.2 Å². The topological polar surface area (TPSA) is 118 Å². The van der Waals surface area contributed by atoms with Crippen molar-refractivity contribution in [3.8, 4) is 5.75 Å². The standard InChI is InChI=1S/C23H26ClN3O5/c1-31-21-8-4-15(5-9-21)10-17(12-20(30)11-16-2-6-18(24)7-3-16)22-26-23(32-27-22)25-19(13-28)14-29/h2-9,17,19,28-29H,10-14H2,1H3,(H,25,26,27)/t17-/m1/s1. The molecule has 8 nitrogen and oxygen atoms in total. The summed E-state index contributed by atoms with van der Waals surface area (Å²) in [7, 11) is 1.60. The molecule has 0 saturated heterocycles. The minimum Gasteiger partial charge on any atom is -0.497 e. The lowest BCUT2D eigenvalue weighted by molar-refractivity contribution is -0.118. The Bertz CT molecular complexity index is 988. The quantitative estimate of drug-likeness (QED) is 0.378. The van der Waals surface area contributed by atoms with E-state index >= 15 is 0 Å². The van der Waals surface area contributed by atoms with E-state index in [1.165, 1.54) is 0 Å². The molecular formula is C23H26ClN3O5. The number of ether oxygens (including phenoxy) is 1. The average Bonchev–Trinajstić information content (AvgIpc) is 3.27. The molecule has 9 heteroatoms. The van der Waals surface area contributed by atoms with Gasteiger partial charge in [0.1, 0.15) is 11.5 Å². The lowest BCUT2D eigenvalue weighted by Gasteiger charge is -2.13. The van der Waals surface area contributed by atoms with Gasteiger partial charge in [0.2, 0.25) is 0 Å². The highest BCUT2D eigenvalue weighted by Crippen LogP contribution is 2.26. The molecule has 1 atom stereocenters. The summed E-state index contributed by atoms with van der Waals surface area (Å²) in [6.45, 7) is -0.577. The van der Waals surface area contributed by atoms with Gasteiger partial charge in [-0.1, -0.05) is 41.0 Å². The first-order valence-corrected chi connectivity index (χ1v) is 10.6. The number of hydrogen-bond donors (Lipinski definition) is 3. The molecule has 170 valence electrons. The maximum atomic E-state index is 12.8. The summed E-state index contributed by atoms with van der Waals surface area (Å²) in [4.78, 5) is 17.2. The largest absolute Gasteiger partial charge is 0.497 e. The number of carbonyl (C=O) groups is 1. The van der Waals surface area contributed by atoms with Crippen molar-refractivity contribution in [1.29, 1.82) is 0 Å². The molecule has 1 aromatic heterocycles. The Morgan fingerprint density at radius 3 is 2.38 bits per heavy atom. The molecule has 0 aliphatic heterocycles. The van der Waals surface area contributed by atoms with Crippen LogP contribution in [-0.2, 0) is 17.6 Å². The highest BCUT2D eigenvalue weighted by Gasteiger charge is 2.23. The maximum absolute atomic E-state index is 12.8. The smallest absolute Gasteiger partial charge is 0.321 e. The maximum Gasteiger partial charge on any atom is 0.321 e. The molecule has 0 saturated carbocycles. The molecule has 0 bridgehead atoms. The minimum absolute atomic E-state index is 0.0359. The number of hydrogen-bond acceptors (Lipinski definition) is 8. The summed E-state index contributed by atoms with van der Waals surface area (Å²) in [6, 6.07) is 14.2. The van der Waals surface area contributed by atoms with Crippen LogP contribution in [0.5, 0.6) is 5.75 Å². The van der Waals surface area contributed by atoms with Crippen LogP contribution in [0.3, 0.4) is 0 Å². The van der Waals surface area contributed by atoms with Gasteiger partial charge in [-0.2, -0.15) is 4.98 Å². The van der Waals surface area contributed by atoms with Crippen LogP contribution in [0.2, 0.25) is 5.02 Å². The number of halogens is 1. The van der Waals surface area contributed by atoms with E-state index in [4.69, 9.17) is 20.9 Å². The fourth-order valence-corrected chi connectivity index (χ4v) is 3.39. The number of aliphatic hydroxyl groups is 2. The molecular weight excluding hydrogens is 434 g/mol. The normalized spacial score (nSPS) is 12.0. The van der Waals surface area contributed by atoms with Gasteiger partial charge in [-0.15, -0.1) is 0 Å². The van der Waals surface area contributed by atoms with Crippen LogP contribution in [0.15, 0.2) is 53.1 Å². The summed E-state index contributed by atoms with van der Waals surface area (Å²) in [6.07, 6.45) is 1.02. The van der Waals surface area contributed by atoms with Gasteiger partial charge in [-0.05, 0) is 41.8 Å². The minimum atomic E-state index is -0.616. The molecule has 2 aromatic carbocycles. The summed E-state index contributed by atoms with van der Waals surface area (Å²) in [5.74, 6) is 0.842. The molecule has 3 rings (SSSR count). The highest BCUT2D eigenvalue weighted by molar-refractivity contribution is 6.30. The average molecular weight is 460 g/mol. The van der Waals surface area contributed by atoms with Crippen LogP contribution in [0.25, 0.3) is 0 Å². The highest BCUT2D eigenvalue weighted by atomic mass is 35.5. The van der Waals surface area contributed by atoms with Crippen LogP contribution >= 0.6 is 11.6 Å². The van der Waals surface area contributed by atoms with Crippen molar-refractivity contribution in [2.75, 3.05) is 25.6 Å². The molecule has 0 radical (unpaired) electrons. The monoisotopic (exact) mass is 459 g/mol. The van der Waals surface area contributed by atoms with E-state index in [1.54, 1.807) is 19.2 Å². The number of nitrogens with zero attached hydrogens (tertiary/aromatic N) is 2. The molecule has 0 fully saturated rings. The zero-order valence-electron chi connectivity index (χ0n) is 17.7. The van der Waals surface area contributed by atoms with Gasteiger partial charge in [0.25, 0.3) is 0 Å². The van der Waals surface area contributed by atoms with Gasteiger partial charge in [0, 0.05) is 23.8 Å². The van der Waals surface area contributed by atoms with E-state index in [0.717, 1.165) is 16.9 Å². The Morgan fingerprint density at radius 1 is 1.09 bits per heavy atom. The van der Waals surface area contributed by atoms with E-state index in [9.17, 15) is 15.0 Å². The van der Waals surface area contributed by atoms with Crippen molar-refractivity contribution in [3.05, 3.63) is 70.5 Å². The van der Waals surface area contributed by atoms with Gasteiger partial charge >= 0.3 is 6.01 Å². The summed E-state index contributed by atoms with van der Waals surface area (Å²) in [5, 5.41) is 25.9. The molecule has 0 unspecified atom stereocenters. The van der Waals surface area contributed by atoms with Crippen molar-refractivity contribution in [3.63, 3.8) is 0 Å². The number of benzene rings is 2. The van der Waals surface area contributed by atoms with Crippen LogP contribution < -0.4 is 10.1 Å². The fourth-order valence-electron chi connectivity index (χ4n) is 3.26. The van der Waals surface area contributed by atoms with Gasteiger partial charge < -0.3 is 24.8 Å². The van der Waals surface area contributed by atoms with Crippen molar-refractivity contribution in [2.24, 2.45) is 0 Å². The second-order valence-corrected chi connectivity index (χ2v) is 7.90. The third-order valence-corrected chi connectivity index (χ3v) is 5.26. The van der Waals surface area contributed by atoms with Gasteiger partial charge in [-0.3, -0.25) is 4.79 Å². The number of ketones is 1. The Labute approximate surface area is 191 Å². The van der Waals surface area contributed by atoms with Crippen LogP contribution in [0.4, 0.5) is 6.01 Å². The molecule has 0 aliphatic carbocycles. The summed E-state index contributed by atoms with van der Waals surface area (Å²) >= 11 is 5.93. The Hall–Kier alpha value is -2.94. The van der Waals surface area contributed by atoms with Crippen LogP contribution in [0, 0.1) is 0 Å². The third kappa shape index (κ3) is 6.78. The van der Waals surface area contributed by atoms with Crippen molar-refractivity contribution >= 4 is 23.4 Å². The molecule has 3 aromatic rings. The second kappa shape index (κ2) is 11.6. The van der Waals surface area contributed by atoms with Crippen molar-refractivity contribution in [1.82, 2.24) is 10.1 Å². The van der Waals surface area contributed by atoms with Gasteiger partial charge in [0.15, 0.2) is 5.82 Å². The fraction of sp³-hybridized carbons (Fsp3) is 0.348. The van der Waals surface area contributed by atoms with E-state index in [1.807, 2.05) is 36.4 Å².